The fourth-order valence-corrected chi connectivity index (χ4v) is 3.86. The third-order valence-corrected chi connectivity index (χ3v) is 5.63. The minimum absolute atomic E-state index is 0.146. The van der Waals surface area contributed by atoms with Crippen LogP contribution < -0.4 is 16.4 Å². The quantitative estimate of drug-likeness (QED) is 0.713. The Morgan fingerprint density at radius 3 is 2.62 bits per heavy atom. The number of nitrogens with zero attached hydrogens (tertiary/aromatic N) is 2. The number of rotatable bonds is 5. The minimum Gasteiger partial charge on any atom is -0.383 e. The van der Waals surface area contributed by atoms with E-state index in [2.05, 4.69) is 44.8 Å². The fourth-order valence-electron chi connectivity index (χ4n) is 3.86. The molecule has 0 aliphatic carbocycles. The molecular weight excluding hydrogens is 366 g/mol. The van der Waals surface area contributed by atoms with Gasteiger partial charge in [-0.2, -0.15) is 0 Å². The first-order valence-electron chi connectivity index (χ1n) is 10.4. The highest BCUT2D eigenvalue weighted by Gasteiger charge is 2.19. The van der Waals surface area contributed by atoms with E-state index >= 15 is 0 Å². The minimum atomic E-state index is -0.146. The van der Waals surface area contributed by atoms with Gasteiger partial charge < -0.3 is 21.1 Å². The highest BCUT2D eigenvalue weighted by Crippen LogP contribution is 2.23. The van der Waals surface area contributed by atoms with Crippen molar-refractivity contribution in [3.05, 3.63) is 47.7 Å². The van der Waals surface area contributed by atoms with Crippen LogP contribution in [0.4, 0.5) is 5.82 Å². The number of carbonyl (C=O) groups excluding carboxylic acids is 1. The van der Waals surface area contributed by atoms with Gasteiger partial charge in [0, 0.05) is 37.4 Å². The lowest BCUT2D eigenvalue weighted by atomic mass is 10.0. The van der Waals surface area contributed by atoms with Gasteiger partial charge in [0.15, 0.2) is 0 Å². The van der Waals surface area contributed by atoms with Crippen molar-refractivity contribution in [1.29, 1.82) is 0 Å². The van der Waals surface area contributed by atoms with Crippen LogP contribution in [-0.2, 0) is 11.3 Å². The topological polar surface area (TPSA) is 92.5 Å². The summed E-state index contributed by atoms with van der Waals surface area (Å²) >= 11 is 0. The lowest BCUT2D eigenvalue weighted by Gasteiger charge is -2.26. The van der Waals surface area contributed by atoms with Gasteiger partial charge >= 0.3 is 0 Å². The summed E-state index contributed by atoms with van der Waals surface area (Å²) in [5.74, 6) is 0.122. The molecule has 2 aliphatic heterocycles. The van der Waals surface area contributed by atoms with Crippen LogP contribution >= 0.6 is 0 Å². The highest BCUT2D eigenvalue weighted by molar-refractivity contribution is 5.99. The van der Waals surface area contributed by atoms with E-state index in [4.69, 9.17) is 10.5 Å². The molecule has 0 radical (unpaired) electrons. The smallest absolute Gasteiger partial charge is 0.255 e. The number of benzene rings is 1. The van der Waals surface area contributed by atoms with Crippen molar-refractivity contribution in [2.45, 2.75) is 25.4 Å². The summed E-state index contributed by atoms with van der Waals surface area (Å²) in [6.07, 6.45) is 3.60. The summed E-state index contributed by atoms with van der Waals surface area (Å²) in [5, 5.41) is 6.40. The molecule has 7 heteroatoms. The second-order valence-corrected chi connectivity index (χ2v) is 7.74. The molecule has 0 spiro atoms. The number of ether oxygens (including phenoxy) is 1. The molecule has 1 aromatic heterocycles. The Morgan fingerprint density at radius 2 is 1.90 bits per heavy atom. The van der Waals surface area contributed by atoms with E-state index in [1.165, 1.54) is 5.56 Å². The number of amides is 1. The number of nitrogens with one attached hydrogen (secondary N) is 2. The van der Waals surface area contributed by atoms with Gasteiger partial charge in [0.25, 0.3) is 5.91 Å². The van der Waals surface area contributed by atoms with Crippen LogP contribution in [0, 0.1) is 0 Å². The summed E-state index contributed by atoms with van der Waals surface area (Å²) in [6.45, 7) is 6.33. The van der Waals surface area contributed by atoms with E-state index in [1.807, 2.05) is 6.07 Å². The number of pyridine rings is 1. The zero-order valence-corrected chi connectivity index (χ0v) is 16.7. The second kappa shape index (κ2) is 9.35. The Balaban J connectivity index is 1.45. The van der Waals surface area contributed by atoms with Gasteiger partial charge in [-0.15, -0.1) is 0 Å². The first kappa shape index (κ1) is 19.8. The average Bonchev–Trinajstić information content (AvgIpc) is 2.76. The summed E-state index contributed by atoms with van der Waals surface area (Å²) in [4.78, 5) is 19.4. The Kier molecular flexibility index (Phi) is 6.39. The predicted molar refractivity (Wildman–Crippen MR) is 114 cm³/mol. The maximum Gasteiger partial charge on any atom is 0.255 e. The molecule has 3 heterocycles. The van der Waals surface area contributed by atoms with Gasteiger partial charge in [-0.05, 0) is 43.1 Å². The normalized spacial score (nSPS) is 18.5. The van der Waals surface area contributed by atoms with Gasteiger partial charge in [0.05, 0.1) is 18.8 Å². The van der Waals surface area contributed by atoms with Crippen LogP contribution in [0.5, 0.6) is 0 Å². The van der Waals surface area contributed by atoms with Crippen molar-refractivity contribution in [2.24, 2.45) is 0 Å². The maximum atomic E-state index is 12.7. The van der Waals surface area contributed by atoms with E-state index in [0.29, 0.717) is 5.56 Å². The van der Waals surface area contributed by atoms with Crippen molar-refractivity contribution >= 4 is 11.7 Å². The number of anilines is 1. The van der Waals surface area contributed by atoms with Crippen LogP contribution in [0.1, 0.15) is 28.8 Å². The Labute approximate surface area is 171 Å². The Hall–Kier alpha value is -2.48. The molecule has 7 nitrogen and oxygen atoms in total. The number of piperidine rings is 1. The molecule has 1 amide bonds. The van der Waals surface area contributed by atoms with Crippen molar-refractivity contribution in [1.82, 2.24) is 20.5 Å². The number of hydrogen-bond donors (Lipinski definition) is 3. The third-order valence-electron chi connectivity index (χ3n) is 5.63. The number of carbonyl (C=O) groups is 1. The van der Waals surface area contributed by atoms with Crippen LogP contribution in [-0.4, -0.2) is 61.2 Å². The van der Waals surface area contributed by atoms with Gasteiger partial charge in [-0.1, -0.05) is 24.3 Å². The summed E-state index contributed by atoms with van der Waals surface area (Å²) in [7, 11) is 0. The third kappa shape index (κ3) is 5.12. The van der Waals surface area contributed by atoms with E-state index in [-0.39, 0.29) is 17.8 Å². The van der Waals surface area contributed by atoms with Gasteiger partial charge in [0.1, 0.15) is 5.82 Å². The molecule has 29 heavy (non-hydrogen) atoms. The lowest BCUT2D eigenvalue weighted by Crippen LogP contribution is -2.42. The molecule has 2 fully saturated rings. The number of aromatic nitrogens is 1. The largest absolute Gasteiger partial charge is 0.383 e. The number of nitrogen functional groups attached to an aromatic ring is 1. The van der Waals surface area contributed by atoms with Crippen molar-refractivity contribution in [3.8, 4) is 11.1 Å². The van der Waals surface area contributed by atoms with Crippen molar-refractivity contribution < 1.29 is 9.53 Å². The molecule has 4 N–H and O–H groups in total. The summed E-state index contributed by atoms with van der Waals surface area (Å²) in [5.41, 5.74) is 9.63. The molecule has 0 saturated carbocycles. The van der Waals surface area contributed by atoms with E-state index in [0.717, 1.165) is 69.9 Å². The van der Waals surface area contributed by atoms with Crippen LogP contribution in [0.25, 0.3) is 11.1 Å². The number of morpholine rings is 1. The molecule has 4 rings (SSSR count). The molecule has 0 unspecified atom stereocenters. The average molecular weight is 396 g/mol. The monoisotopic (exact) mass is 395 g/mol. The molecule has 154 valence electrons. The highest BCUT2D eigenvalue weighted by atomic mass is 16.5. The van der Waals surface area contributed by atoms with Crippen LogP contribution in [0.15, 0.2) is 36.5 Å². The van der Waals surface area contributed by atoms with Gasteiger partial charge in [-0.25, -0.2) is 4.98 Å². The summed E-state index contributed by atoms with van der Waals surface area (Å²) < 4.78 is 5.41. The van der Waals surface area contributed by atoms with Gasteiger partial charge in [0.2, 0.25) is 0 Å². The zero-order valence-electron chi connectivity index (χ0n) is 16.7. The maximum absolute atomic E-state index is 12.7. The molecule has 2 aromatic rings. The Morgan fingerprint density at radius 1 is 1.17 bits per heavy atom. The second-order valence-electron chi connectivity index (χ2n) is 7.74. The number of nitrogens with two attached hydrogens (primary N) is 1. The van der Waals surface area contributed by atoms with Crippen LogP contribution in [0.3, 0.4) is 0 Å². The zero-order chi connectivity index (χ0) is 20.1. The molecule has 2 saturated heterocycles. The van der Waals surface area contributed by atoms with Crippen molar-refractivity contribution in [3.63, 3.8) is 0 Å². The lowest BCUT2D eigenvalue weighted by molar-refractivity contribution is 0.0342. The molecular formula is C22H29N5O2. The van der Waals surface area contributed by atoms with Crippen molar-refractivity contribution in [2.75, 3.05) is 45.1 Å². The molecule has 0 atom stereocenters. The summed E-state index contributed by atoms with van der Waals surface area (Å²) in [6, 6.07) is 10.5. The molecule has 0 bridgehead atoms. The fraction of sp³-hybridized carbons (Fsp3) is 0.455. The van der Waals surface area contributed by atoms with E-state index in [9.17, 15) is 4.79 Å². The van der Waals surface area contributed by atoms with E-state index in [1.54, 1.807) is 6.20 Å². The molecule has 1 aromatic carbocycles. The predicted octanol–water partition coefficient (Wildman–Crippen LogP) is 1.64. The first-order chi connectivity index (χ1) is 14.2. The van der Waals surface area contributed by atoms with E-state index < -0.39 is 0 Å². The standard InChI is InChI=1S/C22H29N5O2/c23-21-20(22(28)26-19-5-7-24-8-6-19)13-18(14-25-21)17-3-1-16(2-4-17)15-27-9-11-29-12-10-27/h1-4,13-14,19,24H,5-12,15H2,(H2,23,25)(H,26,28). The first-order valence-corrected chi connectivity index (χ1v) is 10.4. The SMILES string of the molecule is Nc1ncc(-c2ccc(CN3CCOCC3)cc2)cc1C(=O)NC1CCNCC1. The molecule has 2 aliphatic rings. The number of hydrogen-bond acceptors (Lipinski definition) is 6. The van der Waals surface area contributed by atoms with Crippen LogP contribution in [0.2, 0.25) is 0 Å². The Bertz CT molecular complexity index is 828. The van der Waals surface area contributed by atoms with Gasteiger partial charge in [-0.3, -0.25) is 9.69 Å².